The van der Waals surface area contributed by atoms with Crippen molar-refractivity contribution in [1.82, 2.24) is 10.6 Å². The number of rotatable bonds is 8. The molecular formula is C17H22N2O4. The molecule has 2 unspecified atom stereocenters. The number of benzene rings is 1. The van der Waals surface area contributed by atoms with Crippen molar-refractivity contribution in [3.63, 3.8) is 0 Å². The number of furan rings is 1. The first-order valence-electron chi connectivity index (χ1n) is 7.59. The fraction of sp³-hybridized carbons (Fsp3) is 0.353. The second-order valence-corrected chi connectivity index (χ2v) is 5.24. The van der Waals surface area contributed by atoms with Gasteiger partial charge in [-0.15, -0.1) is 0 Å². The van der Waals surface area contributed by atoms with E-state index < -0.39 is 6.10 Å². The third-order valence-corrected chi connectivity index (χ3v) is 3.59. The maximum Gasteiger partial charge on any atom is 0.314 e. The van der Waals surface area contributed by atoms with Crippen molar-refractivity contribution >= 4 is 6.03 Å². The summed E-state index contributed by atoms with van der Waals surface area (Å²) in [7, 11) is 0. The van der Waals surface area contributed by atoms with Gasteiger partial charge in [-0.25, -0.2) is 4.79 Å². The number of carbonyl (C=O) groups is 1. The van der Waals surface area contributed by atoms with Crippen molar-refractivity contribution in [2.75, 3.05) is 19.7 Å². The minimum absolute atomic E-state index is 0.0435. The average molecular weight is 318 g/mol. The molecule has 0 radical (unpaired) electrons. The molecule has 6 nitrogen and oxygen atoms in total. The highest BCUT2D eigenvalue weighted by Crippen LogP contribution is 2.18. The van der Waals surface area contributed by atoms with Crippen LogP contribution in [0.5, 0.6) is 0 Å². The number of carbonyl (C=O) groups excluding carboxylic acids is 1. The van der Waals surface area contributed by atoms with Crippen molar-refractivity contribution in [1.29, 1.82) is 0 Å². The molecule has 124 valence electrons. The number of hydrogen-bond acceptors (Lipinski definition) is 4. The van der Waals surface area contributed by atoms with Crippen molar-refractivity contribution in [2.45, 2.75) is 18.4 Å². The Morgan fingerprint density at radius 2 is 1.83 bits per heavy atom. The Bertz CT molecular complexity index is 572. The second-order valence-electron chi connectivity index (χ2n) is 5.24. The number of hydrogen-bond donors (Lipinski definition) is 4. The molecule has 0 spiro atoms. The summed E-state index contributed by atoms with van der Waals surface area (Å²) in [6, 6.07) is 12.7. The molecular weight excluding hydrogens is 296 g/mol. The first-order chi connectivity index (χ1) is 11.2. The van der Waals surface area contributed by atoms with E-state index in [1.165, 1.54) is 6.26 Å². The van der Waals surface area contributed by atoms with Gasteiger partial charge >= 0.3 is 6.03 Å². The lowest BCUT2D eigenvalue weighted by molar-refractivity contribution is 0.148. The highest BCUT2D eigenvalue weighted by molar-refractivity contribution is 5.73. The molecule has 23 heavy (non-hydrogen) atoms. The van der Waals surface area contributed by atoms with Crippen LogP contribution in [0.25, 0.3) is 0 Å². The van der Waals surface area contributed by atoms with Crippen LogP contribution in [0.1, 0.15) is 29.8 Å². The molecule has 2 aromatic rings. The third kappa shape index (κ3) is 5.43. The van der Waals surface area contributed by atoms with E-state index in [0.29, 0.717) is 18.7 Å². The van der Waals surface area contributed by atoms with Gasteiger partial charge in [-0.3, -0.25) is 0 Å². The van der Waals surface area contributed by atoms with E-state index in [1.54, 1.807) is 12.1 Å². The summed E-state index contributed by atoms with van der Waals surface area (Å²) in [5.41, 5.74) is 1.07. The molecule has 2 atom stereocenters. The smallest absolute Gasteiger partial charge is 0.314 e. The Kier molecular flexibility index (Phi) is 6.65. The normalized spacial score (nSPS) is 13.3. The van der Waals surface area contributed by atoms with Gasteiger partial charge in [-0.1, -0.05) is 30.3 Å². The van der Waals surface area contributed by atoms with Gasteiger partial charge in [0.1, 0.15) is 11.9 Å². The topological polar surface area (TPSA) is 94.7 Å². The Labute approximate surface area is 135 Å². The molecule has 1 aromatic heterocycles. The van der Waals surface area contributed by atoms with Crippen molar-refractivity contribution < 1.29 is 19.4 Å². The van der Waals surface area contributed by atoms with Crippen LogP contribution in [0.15, 0.2) is 53.1 Å². The monoisotopic (exact) mass is 318 g/mol. The van der Waals surface area contributed by atoms with Crippen LogP contribution in [-0.2, 0) is 0 Å². The number of aliphatic hydroxyl groups excluding tert-OH is 2. The van der Waals surface area contributed by atoms with Gasteiger partial charge < -0.3 is 25.3 Å². The molecule has 0 fully saturated rings. The predicted molar refractivity (Wildman–Crippen MR) is 86.0 cm³/mol. The van der Waals surface area contributed by atoms with Crippen LogP contribution < -0.4 is 10.6 Å². The van der Waals surface area contributed by atoms with E-state index in [0.717, 1.165) is 5.56 Å². The van der Waals surface area contributed by atoms with E-state index in [4.69, 9.17) is 4.42 Å². The lowest BCUT2D eigenvalue weighted by atomic mass is 9.96. The van der Waals surface area contributed by atoms with E-state index >= 15 is 0 Å². The Morgan fingerprint density at radius 3 is 2.48 bits per heavy atom. The highest BCUT2D eigenvalue weighted by atomic mass is 16.4. The van der Waals surface area contributed by atoms with E-state index in [1.807, 2.05) is 30.3 Å². The van der Waals surface area contributed by atoms with E-state index in [-0.39, 0.29) is 25.1 Å². The first kappa shape index (κ1) is 17.1. The quantitative estimate of drug-likeness (QED) is 0.597. The van der Waals surface area contributed by atoms with Crippen LogP contribution in [0.4, 0.5) is 4.79 Å². The standard InChI is InChI=1S/C17H22N2O4/c20-9-8-14(13-5-2-1-3-6-13)11-18-17(22)19-12-15(21)16-7-4-10-23-16/h1-7,10,14-15,20-21H,8-9,11-12H2,(H2,18,19,22). The zero-order valence-corrected chi connectivity index (χ0v) is 12.8. The molecule has 4 N–H and O–H groups in total. The molecule has 0 bridgehead atoms. The lowest BCUT2D eigenvalue weighted by Gasteiger charge is -2.18. The SMILES string of the molecule is O=C(NCC(O)c1ccco1)NCC(CCO)c1ccccc1. The molecule has 0 saturated heterocycles. The molecule has 1 heterocycles. The number of urea groups is 1. The molecule has 2 rings (SSSR count). The summed E-state index contributed by atoms with van der Waals surface area (Å²) in [5.74, 6) is 0.453. The minimum Gasteiger partial charge on any atom is -0.467 e. The lowest BCUT2D eigenvalue weighted by Crippen LogP contribution is -2.39. The van der Waals surface area contributed by atoms with Gasteiger partial charge in [0.25, 0.3) is 0 Å². The average Bonchev–Trinajstić information content (AvgIpc) is 3.12. The molecule has 2 amide bonds. The predicted octanol–water partition coefficient (Wildman–Crippen LogP) is 1.78. The molecule has 1 aromatic carbocycles. The zero-order valence-electron chi connectivity index (χ0n) is 12.8. The summed E-state index contributed by atoms with van der Waals surface area (Å²) >= 11 is 0. The maximum atomic E-state index is 11.8. The Hall–Kier alpha value is -2.31. The molecule has 0 aliphatic rings. The number of aliphatic hydroxyl groups is 2. The van der Waals surface area contributed by atoms with Crippen molar-refractivity contribution in [3.8, 4) is 0 Å². The van der Waals surface area contributed by atoms with Gasteiger partial charge in [0.15, 0.2) is 0 Å². The van der Waals surface area contributed by atoms with Crippen molar-refractivity contribution in [3.05, 3.63) is 60.1 Å². The van der Waals surface area contributed by atoms with Gasteiger partial charge in [0.2, 0.25) is 0 Å². The van der Waals surface area contributed by atoms with Gasteiger partial charge in [0, 0.05) is 19.1 Å². The fourth-order valence-electron chi connectivity index (χ4n) is 2.32. The fourth-order valence-corrected chi connectivity index (χ4v) is 2.32. The van der Waals surface area contributed by atoms with Crippen LogP contribution in [0.2, 0.25) is 0 Å². The molecule has 0 aliphatic carbocycles. The van der Waals surface area contributed by atoms with Crippen LogP contribution >= 0.6 is 0 Å². The summed E-state index contributed by atoms with van der Waals surface area (Å²) in [6.45, 7) is 0.530. The van der Waals surface area contributed by atoms with E-state index in [2.05, 4.69) is 10.6 Å². The number of nitrogens with one attached hydrogen (secondary N) is 2. The van der Waals surface area contributed by atoms with E-state index in [9.17, 15) is 15.0 Å². The summed E-state index contributed by atoms with van der Waals surface area (Å²) < 4.78 is 5.07. The Balaban J connectivity index is 1.77. The highest BCUT2D eigenvalue weighted by Gasteiger charge is 2.14. The first-order valence-corrected chi connectivity index (χ1v) is 7.59. The largest absolute Gasteiger partial charge is 0.467 e. The molecule has 6 heteroatoms. The van der Waals surface area contributed by atoms with Crippen LogP contribution in [0.3, 0.4) is 0 Å². The van der Waals surface area contributed by atoms with Crippen LogP contribution in [0, 0.1) is 0 Å². The maximum absolute atomic E-state index is 11.8. The summed E-state index contributed by atoms with van der Waals surface area (Å²) in [6.07, 6.45) is 1.16. The van der Waals surface area contributed by atoms with Gasteiger partial charge in [-0.2, -0.15) is 0 Å². The summed E-state index contributed by atoms with van der Waals surface area (Å²) in [4.78, 5) is 11.8. The number of amides is 2. The van der Waals surface area contributed by atoms with Gasteiger partial charge in [-0.05, 0) is 24.1 Å². The second kappa shape index (κ2) is 8.97. The van der Waals surface area contributed by atoms with Crippen molar-refractivity contribution in [2.24, 2.45) is 0 Å². The van der Waals surface area contributed by atoms with Crippen LogP contribution in [-0.4, -0.2) is 35.9 Å². The third-order valence-electron chi connectivity index (χ3n) is 3.59. The summed E-state index contributed by atoms with van der Waals surface area (Å²) in [5, 5.41) is 24.4. The zero-order chi connectivity index (χ0) is 16.5. The molecule has 0 saturated carbocycles. The van der Waals surface area contributed by atoms with Gasteiger partial charge in [0.05, 0.1) is 12.8 Å². The minimum atomic E-state index is -0.877. The molecule has 0 aliphatic heterocycles. The Morgan fingerprint density at radius 1 is 1.09 bits per heavy atom.